The lowest BCUT2D eigenvalue weighted by molar-refractivity contribution is 1.29. The van der Waals surface area contributed by atoms with Crippen LogP contribution in [0.25, 0.3) is 54.9 Å². The van der Waals surface area contributed by atoms with E-state index in [4.69, 9.17) is 0 Å². The van der Waals surface area contributed by atoms with Gasteiger partial charge in [-0.25, -0.2) is 0 Å². The van der Waals surface area contributed by atoms with Crippen LogP contribution in [0.3, 0.4) is 0 Å². The molecule has 0 heterocycles. The summed E-state index contributed by atoms with van der Waals surface area (Å²) in [6.45, 7) is 2.15. The number of hydrogen-bond acceptors (Lipinski definition) is 2. The summed E-state index contributed by atoms with van der Waals surface area (Å²) in [4.78, 5) is 2.37. The van der Waals surface area contributed by atoms with Gasteiger partial charge in [0, 0.05) is 28.4 Å². The molecule has 0 amide bonds. The molecule has 0 saturated carbocycles. The first-order valence-corrected chi connectivity index (χ1v) is 18.2. The molecule has 1 N–H and O–H groups in total. The van der Waals surface area contributed by atoms with Crippen molar-refractivity contribution in [2.75, 3.05) is 10.2 Å². The summed E-state index contributed by atoms with van der Waals surface area (Å²) in [5, 5.41) is 8.51. The molecule has 0 aliphatic carbocycles. The number of hydrogen-bond donors (Lipinski definition) is 1. The van der Waals surface area contributed by atoms with E-state index in [1.807, 2.05) is 6.07 Å². The van der Waals surface area contributed by atoms with Crippen molar-refractivity contribution in [1.82, 2.24) is 0 Å². The first kappa shape index (κ1) is 32.0. The first-order valence-electron chi connectivity index (χ1n) is 18.2. The topological polar surface area (TPSA) is 15.3 Å². The van der Waals surface area contributed by atoms with Crippen LogP contribution in [0.2, 0.25) is 0 Å². The number of fused-ring (bicyclic) bond motifs is 2. The van der Waals surface area contributed by atoms with Crippen molar-refractivity contribution in [1.29, 1.82) is 0 Å². The Morgan fingerprint density at radius 1 is 0.321 bits per heavy atom. The summed E-state index contributed by atoms with van der Waals surface area (Å²) in [5.41, 5.74) is 13.9. The minimum atomic E-state index is 1.06. The van der Waals surface area contributed by atoms with Gasteiger partial charge in [-0.3, -0.25) is 0 Å². The molecule has 0 unspecified atom stereocenters. The molecule has 53 heavy (non-hydrogen) atoms. The monoisotopic (exact) mass is 678 g/mol. The minimum absolute atomic E-state index is 1.06. The molecule has 0 atom stereocenters. The second-order valence-corrected chi connectivity index (χ2v) is 13.5. The fourth-order valence-corrected chi connectivity index (χ4v) is 7.53. The minimum Gasteiger partial charge on any atom is -0.356 e. The summed E-state index contributed by atoms with van der Waals surface area (Å²) < 4.78 is 0. The lowest BCUT2D eigenvalue weighted by Crippen LogP contribution is -2.10. The molecule has 252 valence electrons. The smallest absolute Gasteiger partial charge is 0.0468 e. The molecule has 0 aliphatic rings. The quantitative estimate of drug-likeness (QED) is 0.161. The van der Waals surface area contributed by atoms with Crippen LogP contribution in [0.4, 0.5) is 28.4 Å². The normalized spacial score (nSPS) is 11.1. The van der Waals surface area contributed by atoms with Crippen LogP contribution in [0.15, 0.2) is 206 Å². The van der Waals surface area contributed by atoms with E-state index >= 15 is 0 Å². The zero-order valence-electron chi connectivity index (χ0n) is 29.6. The Bertz CT molecular complexity index is 2650. The van der Waals surface area contributed by atoms with Gasteiger partial charge in [0.15, 0.2) is 0 Å². The van der Waals surface area contributed by atoms with E-state index < -0.39 is 0 Å². The number of nitrogens with one attached hydrogen (secondary N) is 1. The van der Waals surface area contributed by atoms with Gasteiger partial charge in [-0.05, 0) is 123 Å². The van der Waals surface area contributed by atoms with E-state index in [0.717, 1.165) is 28.4 Å². The molecule has 9 aromatic rings. The van der Waals surface area contributed by atoms with Gasteiger partial charge in [-0.1, -0.05) is 151 Å². The average Bonchev–Trinajstić information content (AvgIpc) is 3.22. The van der Waals surface area contributed by atoms with Gasteiger partial charge >= 0.3 is 0 Å². The molecule has 0 radical (unpaired) electrons. The zero-order chi connectivity index (χ0) is 35.6. The Kier molecular flexibility index (Phi) is 8.47. The number of benzene rings is 9. The van der Waals surface area contributed by atoms with Crippen LogP contribution in [0.5, 0.6) is 0 Å². The van der Waals surface area contributed by atoms with E-state index in [9.17, 15) is 0 Å². The van der Waals surface area contributed by atoms with Crippen LogP contribution in [-0.2, 0) is 0 Å². The van der Waals surface area contributed by atoms with Crippen LogP contribution < -0.4 is 10.2 Å². The molecule has 2 heteroatoms. The SMILES string of the molecule is Cc1ccc(-c2c3ccc(Nc4ccccc4)cc3c(-c3ccccc3)c3ccc(N(c4ccccc4)c4ccc(-c5ccccc5)cc4)cc23)cc1. The van der Waals surface area contributed by atoms with E-state index in [0.29, 0.717) is 0 Å². The Morgan fingerprint density at radius 2 is 0.774 bits per heavy atom. The second-order valence-electron chi connectivity index (χ2n) is 13.5. The number of aryl methyl sites for hydroxylation is 1. The highest BCUT2D eigenvalue weighted by molar-refractivity contribution is 6.22. The molecule has 0 aliphatic heterocycles. The summed E-state index contributed by atoms with van der Waals surface area (Å²) in [6.07, 6.45) is 0. The van der Waals surface area contributed by atoms with Gasteiger partial charge in [0.25, 0.3) is 0 Å². The van der Waals surface area contributed by atoms with Crippen LogP contribution in [0, 0.1) is 6.92 Å². The molecular weight excluding hydrogens is 641 g/mol. The van der Waals surface area contributed by atoms with E-state index in [-0.39, 0.29) is 0 Å². The molecular formula is C51H38N2. The zero-order valence-corrected chi connectivity index (χ0v) is 29.6. The fourth-order valence-electron chi connectivity index (χ4n) is 7.53. The Balaban J connectivity index is 1.30. The fraction of sp³-hybridized carbons (Fsp3) is 0.0196. The third-order valence-electron chi connectivity index (χ3n) is 10.1. The predicted molar refractivity (Wildman–Crippen MR) is 227 cm³/mol. The maximum atomic E-state index is 3.66. The van der Waals surface area contributed by atoms with Gasteiger partial charge in [-0.2, -0.15) is 0 Å². The van der Waals surface area contributed by atoms with Crippen molar-refractivity contribution in [2.45, 2.75) is 6.92 Å². The molecule has 2 nitrogen and oxygen atoms in total. The van der Waals surface area contributed by atoms with Crippen molar-refractivity contribution in [3.05, 3.63) is 212 Å². The largest absolute Gasteiger partial charge is 0.356 e. The Hall–Kier alpha value is -6.90. The molecule has 0 aromatic heterocycles. The number of para-hydroxylation sites is 2. The molecule has 9 rings (SSSR count). The molecule has 0 fully saturated rings. The van der Waals surface area contributed by atoms with Crippen LogP contribution in [0.1, 0.15) is 5.56 Å². The molecule has 0 bridgehead atoms. The first-order chi connectivity index (χ1) is 26.2. The number of anilines is 5. The van der Waals surface area contributed by atoms with Gasteiger partial charge in [0.05, 0.1) is 0 Å². The average molecular weight is 679 g/mol. The Morgan fingerprint density at radius 3 is 1.42 bits per heavy atom. The van der Waals surface area contributed by atoms with Crippen molar-refractivity contribution in [3.8, 4) is 33.4 Å². The molecule has 9 aromatic carbocycles. The van der Waals surface area contributed by atoms with Crippen molar-refractivity contribution >= 4 is 50.0 Å². The lowest BCUT2D eigenvalue weighted by atomic mass is 9.85. The van der Waals surface area contributed by atoms with Gasteiger partial charge < -0.3 is 10.2 Å². The number of rotatable bonds is 8. The third kappa shape index (κ3) is 6.32. The lowest BCUT2D eigenvalue weighted by Gasteiger charge is -2.27. The standard InChI is InChI=1S/C51H38N2/c1-36-22-24-40(25-23-36)51-46-32-28-42(52-41-18-10-4-11-19-41)34-48(46)50(39-16-8-3-9-17-39)47-33-31-45(35-49(47)51)53(43-20-12-5-13-21-43)44-29-26-38(27-30-44)37-14-6-2-7-15-37/h2-35,52H,1H3. The highest BCUT2D eigenvalue weighted by Gasteiger charge is 2.20. The summed E-state index contributed by atoms with van der Waals surface area (Å²) in [6, 6.07) is 74.2. The predicted octanol–water partition coefficient (Wildman–Crippen LogP) is 14.5. The summed E-state index contributed by atoms with van der Waals surface area (Å²) in [5.74, 6) is 0. The number of nitrogens with zero attached hydrogens (tertiary/aromatic N) is 1. The van der Waals surface area contributed by atoms with Crippen molar-refractivity contribution < 1.29 is 0 Å². The van der Waals surface area contributed by atoms with Gasteiger partial charge in [-0.15, -0.1) is 0 Å². The van der Waals surface area contributed by atoms with Crippen molar-refractivity contribution in [2.24, 2.45) is 0 Å². The van der Waals surface area contributed by atoms with Crippen LogP contribution >= 0.6 is 0 Å². The molecule has 0 spiro atoms. The molecule has 0 saturated heterocycles. The highest BCUT2D eigenvalue weighted by atomic mass is 15.1. The summed E-state index contributed by atoms with van der Waals surface area (Å²) >= 11 is 0. The maximum Gasteiger partial charge on any atom is 0.0468 e. The van der Waals surface area contributed by atoms with Gasteiger partial charge in [0.2, 0.25) is 0 Å². The summed E-state index contributed by atoms with van der Waals surface area (Å²) in [7, 11) is 0. The van der Waals surface area contributed by atoms with E-state index in [1.165, 1.54) is 60.5 Å². The third-order valence-corrected chi connectivity index (χ3v) is 10.1. The highest BCUT2D eigenvalue weighted by Crippen LogP contribution is 2.47. The van der Waals surface area contributed by atoms with E-state index in [1.54, 1.807) is 0 Å². The van der Waals surface area contributed by atoms with Crippen LogP contribution in [-0.4, -0.2) is 0 Å². The van der Waals surface area contributed by atoms with E-state index in [2.05, 4.69) is 217 Å². The second kappa shape index (κ2) is 14.0. The van der Waals surface area contributed by atoms with Crippen molar-refractivity contribution in [3.63, 3.8) is 0 Å². The van der Waals surface area contributed by atoms with Gasteiger partial charge in [0.1, 0.15) is 0 Å². The Labute approximate surface area is 311 Å². The maximum absolute atomic E-state index is 3.66.